The van der Waals surface area contributed by atoms with Crippen molar-refractivity contribution in [2.45, 2.75) is 25.7 Å². The van der Waals surface area contributed by atoms with Crippen molar-refractivity contribution in [3.05, 3.63) is 48.0 Å². The maximum absolute atomic E-state index is 12.1. The van der Waals surface area contributed by atoms with E-state index in [-0.39, 0.29) is 36.1 Å². The fourth-order valence-corrected chi connectivity index (χ4v) is 3.12. The molecule has 0 bridgehead atoms. The molecule has 3 rings (SSSR count). The van der Waals surface area contributed by atoms with Crippen LogP contribution in [0.4, 0.5) is 0 Å². The molecule has 0 N–H and O–H groups in total. The van der Waals surface area contributed by atoms with Gasteiger partial charge in [-0.05, 0) is 29.2 Å². The van der Waals surface area contributed by atoms with Crippen molar-refractivity contribution in [1.82, 2.24) is 0 Å². The third kappa shape index (κ3) is 2.51. The molecular formula is C18H16O3. The van der Waals surface area contributed by atoms with Crippen LogP contribution in [-0.4, -0.2) is 17.3 Å². The van der Waals surface area contributed by atoms with Gasteiger partial charge in [0.15, 0.2) is 11.6 Å². The fourth-order valence-electron chi connectivity index (χ4n) is 3.12. The highest BCUT2D eigenvalue weighted by Gasteiger charge is 2.38. The predicted molar refractivity (Wildman–Crippen MR) is 80.1 cm³/mol. The molecule has 0 radical (unpaired) electrons. The average molecular weight is 280 g/mol. The lowest BCUT2D eigenvalue weighted by molar-refractivity contribution is -0.141. The van der Waals surface area contributed by atoms with Crippen LogP contribution >= 0.6 is 0 Å². The Bertz CT molecular complexity index is 727. The Morgan fingerprint density at radius 3 is 2.19 bits per heavy atom. The van der Waals surface area contributed by atoms with Gasteiger partial charge in [0.25, 0.3) is 0 Å². The highest BCUT2D eigenvalue weighted by molar-refractivity contribution is 6.20. The van der Waals surface area contributed by atoms with Gasteiger partial charge in [0.1, 0.15) is 11.7 Å². The first-order valence-corrected chi connectivity index (χ1v) is 7.11. The molecule has 1 saturated carbocycles. The van der Waals surface area contributed by atoms with Crippen LogP contribution in [-0.2, 0) is 14.4 Å². The van der Waals surface area contributed by atoms with Gasteiger partial charge >= 0.3 is 0 Å². The lowest BCUT2D eigenvalue weighted by Crippen LogP contribution is -2.36. The van der Waals surface area contributed by atoms with Gasteiger partial charge in [-0.1, -0.05) is 42.5 Å². The number of hydrogen-bond donors (Lipinski definition) is 0. The van der Waals surface area contributed by atoms with Gasteiger partial charge in [0, 0.05) is 12.8 Å². The fraction of sp³-hybridized carbons (Fsp3) is 0.278. The summed E-state index contributed by atoms with van der Waals surface area (Å²) in [6.45, 7) is 1.32. The van der Waals surface area contributed by atoms with Gasteiger partial charge < -0.3 is 0 Å². The van der Waals surface area contributed by atoms with Crippen LogP contribution in [0.25, 0.3) is 10.8 Å². The normalized spacial score (nSPS) is 22.5. The van der Waals surface area contributed by atoms with E-state index in [2.05, 4.69) is 0 Å². The zero-order valence-electron chi connectivity index (χ0n) is 11.8. The molecule has 0 aromatic heterocycles. The maximum atomic E-state index is 12.1. The molecule has 2 aromatic carbocycles. The summed E-state index contributed by atoms with van der Waals surface area (Å²) in [5.41, 5.74) is 0.998. The first kappa shape index (κ1) is 13.7. The van der Waals surface area contributed by atoms with E-state index in [0.717, 1.165) is 16.3 Å². The van der Waals surface area contributed by atoms with Crippen molar-refractivity contribution < 1.29 is 14.4 Å². The highest BCUT2D eigenvalue weighted by Crippen LogP contribution is 2.33. The Morgan fingerprint density at radius 2 is 1.57 bits per heavy atom. The van der Waals surface area contributed by atoms with Crippen LogP contribution in [0.2, 0.25) is 0 Å². The van der Waals surface area contributed by atoms with Crippen LogP contribution in [0, 0.1) is 5.92 Å². The minimum absolute atomic E-state index is 0.106. The monoisotopic (exact) mass is 280 g/mol. The van der Waals surface area contributed by atoms with E-state index in [0.29, 0.717) is 0 Å². The average Bonchev–Trinajstić information content (AvgIpc) is 2.45. The lowest BCUT2D eigenvalue weighted by Gasteiger charge is -2.25. The Hall–Kier alpha value is -2.29. The molecule has 1 fully saturated rings. The number of Topliss-reactive ketones (excluding diaryl/α,β-unsaturated/α-hetero) is 3. The second-order valence-electron chi connectivity index (χ2n) is 5.69. The minimum Gasteiger partial charge on any atom is -0.299 e. The minimum atomic E-state index is -1.03. The summed E-state index contributed by atoms with van der Waals surface area (Å²) < 4.78 is 0. The molecule has 0 aliphatic heterocycles. The summed E-state index contributed by atoms with van der Waals surface area (Å²) in [5.74, 6) is -1.94. The van der Waals surface area contributed by atoms with Crippen molar-refractivity contribution in [1.29, 1.82) is 0 Å². The Kier molecular flexibility index (Phi) is 3.42. The van der Waals surface area contributed by atoms with Gasteiger partial charge in [-0.25, -0.2) is 0 Å². The Morgan fingerprint density at radius 1 is 0.952 bits per heavy atom. The van der Waals surface area contributed by atoms with E-state index >= 15 is 0 Å². The molecule has 3 nitrogen and oxygen atoms in total. The number of hydrogen-bond acceptors (Lipinski definition) is 3. The van der Waals surface area contributed by atoms with Crippen molar-refractivity contribution in [2.24, 2.45) is 5.92 Å². The van der Waals surface area contributed by atoms with Crippen LogP contribution in [0.15, 0.2) is 42.5 Å². The predicted octanol–water partition coefficient (Wildman–Crippen LogP) is 3.06. The maximum Gasteiger partial charge on any atom is 0.151 e. The topological polar surface area (TPSA) is 51.2 Å². The van der Waals surface area contributed by atoms with Crippen molar-refractivity contribution in [3.63, 3.8) is 0 Å². The summed E-state index contributed by atoms with van der Waals surface area (Å²) in [7, 11) is 0. The van der Waals surface area contributed by atoms with Crippen LogP contribution < -0.4 is 0 Å². The number of rotatable bonds is 2. The molecule has 0 amide bonds. The third-order valence-corrected chi connectivity index (χ3v) is 4.19. The molecule has 2 aromatic rings. The molecule has 21 heavy (non-hydrogen) atoms. The lowest BCUT2D eigenvalue weighted by atomic mass is 9.75. The standard InChI is InChI=1S/C18H16O3/c1-11(19)18-16(20)9-15(10-17(18)21)14-7-6-12-4-2-3-5-13(12)8-14/h2-8,15,18H,9-10H2,1H3. The van der Waals surface area contributed by atoms with E-state index in [1.165, 1.54) is 6.92 Å². The third-order valence-electron chi connectivity index (χ3n) is 4.19. The van der Waals surface area contributed by atoms with E-state index in [4.69, 9.17) is 0 Å². The molecule has 0 saturated heterocycles. The van der Waals surface area contributed by atoms with Crippen LogP contribution in [0.5, 0.6) is 0 Å². The smallest absolute Gasteiger partial charge is 0.151 e. The number of benzene rings is 2. The first-order valence-electron chi connectivity index (χ1n) is 7.11. The number of fused-ring (bicyclic) bond motifs is 1. The van der Waals surface area contributed by atoms with E-state index in [9.17, 15) is 14.4 Å². The molecular weight excluding hydrogens is 264 g/mol. The zero-order valence-corrected chi connectivity index (χ0v) is 11.8. The molecule has 0 heterocycles. The van der Waals surface area contributed by atoms with Crippen molar-refractivity contribution in [3.8, 4) is 0 Å². The highest BCUT2D eigenvalue weighted by atomic mass is 16.2. The van der Waals surface area contributed by atoms with Gasteiger partial charge in [-0.3, -0.25) is 14.4 Å². The molecule has 1 aliphatic rings. The molecule has 1 aliphatic carbocycles. The van der Waals surface area contributed by atoms with Gasteiger partial charge in [0.05, 0.1) is 0 Å². The van der Waals surface area contributed by atoms with Crippen LogP contribution in [0.3, 0.4) is 0 Å². The quantitative estimate of drug-likeness (QED) is 0.794. The largest absolute Gasteiger partial charge is 0.299 e. The van der Waals surface area contributed by atoms with Crippen molar-refractivity contribution in [2.75, 3.05) is 0 Å². The zero-order chi connectivity index (χ0) is 15.0. The van der Waals surface area contributed by atoms with Gasteiger partial charge in [-0.2, -0.15) is 0 Å². The summed E-state index contributed by atoms with van der Waals surface area (Å²) >= 11 is 0. The summed E-state index contributed by atoms with van der Waals surface area (Å²) in [6, 6.07) is 14.0. The molecule has 0 unspecified atom stereocenters. The van der Waals surface area contributed by atoms with Gasteiger partial charge in [0.2, 0.25) is 0 Å². The van der Waals surface area contributed by atoms with Crippen LogP contribution in [0.1, 0.15) is 31.2 Å². The number of carbonyl (C=O) groups excluding carboxylic acids is 3. The summed E-state index contributed by atoms with van der Waals surface area (Å²) in [6.07, 6.45) is 0.544. The molecule has 0 spiro atoms. The molecule has 106 valence electrons. The Labute approximate surface area is 123 Å². The first-order chi connectivity index (χ1) is 10.1. The second kappa shape index (κ2) is 5.24. The summed E-state index contributed by atoms with van der Waals surface area (Å²) in [4.78, 5) is 35.5. The van der Waals surface area contributed by atoms with Gasteiger partial charge in [-0.15, -0.1) is 0 Å². The SMILES string of the molecule is CC(=O)C1C(=O)CC(c2ccc3ccccc3c2)CC1=O. The number of carbonyl (C=O) groups is 3. The second-order valence-corrected chi connectivity index (χ2v) is 5.69. The van der Waals surface area contributed by atoms with E-state index in [1.54, 1.807) is 0 Å². The Balaban J connectivity index is 1.91. The summed E-state index contributed by atoms with van der Waals surface area (Å²) in [5, 5.41) is 2.24. The molecule has 3 heteroatoms. The van der Waals surface area contributed by atoms with E-state index < -0.39 is 5.92 Å². The van der Waals surface area contributed by atoms with Crippen molar-refractivity contribution >= 4 is 28.1 Å². The molecule has 0 atom stereocenters. The number of ketones is 3. The van der Waals surface area contributed by atoms with E-state index in [1.807, 2.05) is 42.5 Å².